The summed E-state index contributed by atoms with van der Waals surface area (Å²) in [6.07, 6.45) is 0. The van der Waals surface area contributed by atoms with Gasteiger partial charge in [0.15, 0.2) is 11.0 Å². The Labute approximate surface area is 163 Å². The number of thioether (sulfide) groups is 1. The molecule has 27 heavy (non-hydrogen) atoms. The van der Waals surface area contributed by atoms with Crippen LogP contribution in [0.15, 0.2) is 53.7 Å². The van der Waals surface area contributed by atoms with E-state index in [0.717, 1.165) is 40.1 Å². The van der Waals surface area contributed by atoms with E-state index in [2.05, 4.69) is 15.5 Å². The third-order valence-electron chi connectivity index (χ3n) is 4.05. The van der Waals surface area contributed by atoms with Crippen molar-refractivity contribution < 1.29 is 9.53 Å². The highest BCUT2D eigenvalue weighted by Gasteiger charge is 2.14. The lowest BCUT2D eigenvalue weighted by molar-refractivity contribution is -0.113. The molecule has 1 amide bonds. The van der Waals surface area contributed by atoms with Crippen LogP contribution >= 0.6 is 11.8 Å². The molecule has 0 saturated carbocycles. The molecule has 0 bridgehead atoms. The number of nitrogens with zero attached hydrogens (tertiary/aromatic N) is 3. The van der Waals surface area contributed by atoms with E-state index in [-0.39, 0.29) is 11.7 Å². The highest BCUT2D eigenvalue weighted by atomic mass is 32.2. The molecule has 1 N–H and O–H groups in total. The molecular formula is C20H22N4O2S. The monoisotopic (exact) mass is 382 g/mol. The second-order valence-electron chi connectivity index (χ2n) is 5.98. The molecule has 0 spiro atoms. The maximum atomic E-state index is 12.2. The Morgan fingerprint density at radius 3 is 2.44 bits per heavy atom. The lowest BCUT2D eigenvalue weighted by Crippen LogP contribution is -2.14. The summed E-state index contributed by atoms with van der Waals surface area (Å²) in [5.74, 6) is 1.78. The average Bonchev–Trinajstić information content (AvgIpc) is 3.11. The fourth-order valence-electron chi connectivity index (χ4n) is 2.60. The minimum Gasteiger partial charge on any atom is -0.497 e. The van der Waals surface area contributed by atoms with E-state index < -0.39 is 0 Å². The summed E-state index contributed by atoms with van der Waals surface area (Å²) >= 11 is 1.38. The van der Waals surface area contributed by atoms with Crippen LogP contribution in [0.4, 0.5) is 5.69 Å². The fraction of sp³-hybridized carbons (Fsp3) is 0.250. The van der Waals surface area contributed by atoms with E-state index in [1.54, 1.807) is 7.11 Å². The van der Waals surface area contributed by atoms with Gasteiger partial charge in [-0.05, 0) is 50.2 Å². The summed E-state index contributed by atoms with van der Waals surface area (Å²) in [5.41, 5.74) is 2.91. The van der Waals surface area contributed by atoms with Gasteiger partial charge in [-0.2, -0.15) is 0 Å². The third kappa shape index (κ3) is 4.68. The number of aromatic nitrogens is 3. The lowest BCUT2D eigenvalue weighted by atomic mass is 10.2. The number of carbonyl (C=O) groups excluding carboxylic acids is 1. The number of hydrogen-bond donors (Lipinski definition) is 1. The highest BCUT2D eigenvalue weighted by Crippen LogP contribution is 2.25. The van der Waals surface area contributed by atoms with Gasteiger partial charge in [0.25, 0.3) is 0 Å². The molecule has 1 aromatic heterocycles. The number of anilines is 1. The fourth-order valence-corrected chi connectivity index (χ4v) is 3.40. The number of carbonyl (C=O) groups is 1. The van der Waals surface area contributed by atoms with Crippen molar-refractivity contribution in [1.29, 1.82) is 0 Å². The molecule has 0 saturated heterocycles. The van der Waals surface area contributed by atoms with Crippen LogP contribution in [0.25, 0.3) is 11.4 Å². The largest absolute Gasteiger partial charge is 0.497 e. The Morgan fingerprint density at radius 1 is 1.11 bits per heavy atom. The van der Waals surface area contributed by atoms with Gasteiger partial charge >= 0.3 is 0 Å². The molecule has 0 unspecified atom stereocenters. The SMILES string of the molecule is CCn1c(SCC(=O)Nc2ccc(C)cc2)nnc1-c1ccc(OC)cc1. The molecule has 1 heterocycles. The van der Waals surface area contributed by atoms with Crippen molar-refractivity contribution in [3.8, 4) is 17.1 Å². The zero-order chi connectivity index (χ0) is 19.2. The molecule has 0 radical (unpaired) electrons. The first-order chi connectivity index (χ1) is 13.1. The third-order valence-corrected chi connectivity index (χ3v) is 5.02. The maximum absolute atomic E-state index is 12.2. The number of rotatable bonds is 7. The van der Waals surface area contributed by atoms with Crippen LogP contribution < -0.4 is 10.1 Å². The van der Waals surface area contributed by atoms with Crippen LogP contribution in [0.2, 0.25) is 0 Å². The van der Waals surface area contributed by atoms with E-state index in [4.69, 9.17) is 4.74 Å². The normalized spacial score (nSPS) is 10.6. The molecule has 6 nitrogen and oxygen atoms in total. The van der Waals surface area contributed by atoms with Crippen LogP contribution in [-0.2, 0) is 11.3 Å². The van der Waals surface area contributed by atoms with Crippen molar-refractivity contribution in [3.05, 3.63) is 54.1 Å². The number of nitrogens with one attached hydrogen (secondary N) is 1. The summed E-state index contributed by atoms with van der Waals surface area (Å²) in [5, 5.41) is 12.2. The van der Waals surface area contributed by atoms with Crippen molar-refractivity contribution >= 4 is 23.4 Å². The molecule has 0 atom stereocenters. The van der Waals surface area contributed by atoms with Gasteiger partial charge in [0.2, 0.25) is 5.91 Å². The molecular weight excluding hydrogens is 360 g/mol. The first kappa shape index (κ1) is 19.0. The summed E-state index contributed by atoms with van der Waals surface area (Å²) in [6.45, 7) is 4.77. The van der Waals surface area contributed by atoms with Gasteiger partial charge in [-0.25, -0.2) is 0 Å². The van der Waals surface area contributed by atoms with Crippen LogP contribution in [0.3, 0.4) is 0 Å². The Kier molecular flexibility index (Phi) is 6.13. The molecule has 7 heteroatoms. The summed E-state index contributed by atoms with van der Waals surface area (Å²) in [6, 6.07) is 15.4. The smallest absolute Gasteiger partial charge is 0.234 e. The van der Waals surface area contributed by atoms with Gasteiger partial charge in [0, 0.05) is 17.8 Å². The molecule has 2 aromatic carbocycles. The minimum absolute atomic E-state index is 0.0690. The Bertz CT molecular complexity index is 905. The quantitative estimate of drug-likeness (QED) is 0.625. The van der Waals surface area contributed by atoms with E-state index in [0.29, 0.717) is 0 Å². The molecule has 0 aliphatic carbocycles. The van der Waals surface area contributed by atoms with Crippen LogP contribution in [-0.4, -0.2) is 33.5 Å². The Hall–Kier alpha value is -2.80. The molecule has 0 aliphatic rings. The average molecular weight is 382 g/mol. The summed E-state index contributed by atoms with van der Waals surface area (Å²) < 4.78 is 7.20. The van der Waals surface area contributed by atoms with Crippen molar-refractivity contribution in [2.24, 2.45) is 0 Å². The van der Waals surface area contributed by atoms with Crippen LogP contribution in [0.1, 0.15) is 12.5 Å². The van der Waals surface area contributed by atoms with E-state index in [1.165, 1.54) is 11.8 Å². The standard InChI is InChI=1S/C20H22N4O2S/c1-4-24-19(15-7-11-17(26-3)12-8-15)22-23-20(24)27-13-18(25)21-16-9-5-14(2)6-10-16/h5-12H,4,13H2,1-3H3,(H,21,25). The zero-order valence-electron chi connectivity index (χ0n) is 15.6. The van der Waals surface area contributed by atoms with Crippen LogP contribution in [0, 0.1) is 6.92 Å². The summed E-state index contributed by atoms with van der Waals surface area (Å²) in [4.78, 5) is 12.2. The Morgan fingerprint density at radius 2 is 1.81 bits per heavy atom. The van der Waals surface area contributed by atoms with Crippen LogP contribution in [0.5, 0.6) is 5.75 Å². The number of ether oxygens (including phenoxy) is 1. The predicted octanol–water partition coefficient (Wildman–Crippen LogP) is 4.01. The number of aryl methyl sites for hydroxylation is 1. The van der Waals surface area contributed by atoms with E-state index in [9.17, 15) is 4.79 Å². The number of methoxy groups -OCH3 is 1. The Balaban J connectivity index is 1.67. The van der Waals surface area contributed by atoms with Gasteiger partial charge in [-0.15, -0.1) is 10.2 Å². The van der Waals surface area contributed by atoms with E-state index in [1.807, 2.05) is 66.9 Å². The van der Waals surface area contributed by atoms with Crippen molar-refractivity contribution in [2.75, 3.05) is 18.2 Å². The number of benzene rings is 2. The van der Waals surface area contributed by atoms with Gasteiger partial charge in [0.1, 0.15) is 5.75 Å². The maximum Gasteiger partial charge on any atom is 0.234 e. The lowest BCUT2D eigenvalue weighted by Gasteiger charge is -2.08. The van der Waals surface area contributed by atoms with Crippen molar-refractivity contribution in [1.82, 2.24) is 14.8 Å². The number of hydrogen-bond acceptors (Lipinski definition) is 5. The van der Waals surface area contributed by atoms with Gasteiger partial charge in [0.05, 0.1) is 12.9 Å². The molecule has 0 aliphatic heterocycles. The van der Waals surface area contributed by atoms with Crippen molar-refractivity contribution in [3.63, 3.8) is 0 Å². The molecule has 140 valence electrons. The molecule has 3 rings (SSSR count). The predicted molar refractivity (Wildman–Crippen MR) is 108 cm³/mol. The van der Waals surface area contributed by atoms with E-state index >= 15 is 0 Å². The van der Waals surface area contributed by atoms with Gasteiger partial charge < -0.3 is 14.6 Å². The minimum atomic E-state index is -0.0690. The first-order valence-electron chi connectivity index (χ1n) is 8.67. The molecule has 0 fully saturated rings. The first-order valence-corrected chi connectivity index (χ1v) is 9.66. The highest BCUT2D eigenvalue weighted by molar-refractivity contribution is 7.99. The van der Waals surface area contributed by atoms with Crippen molar-refractivity contribution in [2.45, 2.75) is 25.5 Å². The second-order valence-corrected chi connectivity index (χ2v) is 6.92. The zero-order valence-corrected chi connectivity index (χ0v) is 16.4. The number of amides is 1. The topological polar surface area (TPSA) is 69.0 Å². The van der Waals surface area contributed by atoms with Gasteiger partial charge in [-0.3, -0.25) is 4.79 Å². The summed E-state index contributed by atoms with van der Waals surface area (Å²) in [7, 11) is 1.64. The second kappa shape index (κ2) is 8.73. The molecule has 3 aromatic rings. The van der Waals surface area contributed by atoms with Gasteiger partial charge in [-0.1, -0.05) is 29.5 Å².